The van der Waals surface area contributed by atoms with Gasteiger partial charge in [0, 0.05) is 25.4 Å². The molecular weight excluding hydrogens is 408 g/mol. The van der Waals surface area contributed by atoms with Gasteiger partial charge in [-0.1, -0.05) is 11.8 Å². The van der Waals surface area contributed by atoms with E-state index >= 15 is 0 Å². The van der Waals surface area contributed by atoms with E-state index in [1.165, 1.54) is 43.0 Å². The van der Waals surface area contributed by atoms with Crippen molar-refractivity contribution in [1.82, 2.24) is 9.21 Å². The molecule has 1 fully saturated rings. The topological polar surface area (TPSA) is 104 Å². The normalized spacial score (nSPS) is 20.2. The second-order valence-corrected chi connectivity index (χ2v) is 10.1. The zero-order chi connectivity index (χ0) is 22.7. The molecule has 9 heteroatoms. The van der Waals surface area contributed by atoms with Crippen LogP contribution in [0.2, 0.25) is 0 Å². The summed E-state index contributed by atoms with van der Waals surface area (Å²) in [5.74, 6) is 4.82. The Morgan fingerprint density at radius 3 is 2.30 bits per heavy atom. The molecule has 8 nitrogen and oxygen atoms in total. The molecule has 164 valence electrons. The van der Waals surface area contributed by atoms with Crippen LogP contribution in [0.15, 0.2) is 29.2 Å². The molecule has 1 amide bonds. The molecule has 1 aromatic carbocycles. The molecule has 2 rings (SSSR count). The highest BCUT2D eigenvalue weighted by Crippen LogP contribution is 2.27. The average molecular weight is 437 g/mol. The van der Waals surface area contributed by atoms with Crippen molar-refractivity contribution in [3.8, 4) is 17.6 Å². The Hall–Kier alpha value is -2.57. The van der Waals surface area contributed by atoms with Crippen LogP contribution in [0.5, 0.6) is 5.75 Å². The first-order valence-corrected chi connectivity index (χ1v) is 11.0. The van der Waals surface area contributed by atoms with Crippen molar-refractivity contribution >= 4 is 21.9 Å². The first kappa shape index (κ1) is 23.7. The van der Waals surface area contributed by atoms with Gasteiger partial charge in [0.25, 0.3) is 0 Å². The molecule has 0 saturated carbocycles. The highest BCUT2D eigenvalue weighted by molar-refractivity contribution is 7.89. The quantitative estimate of drug-likeness (QED) is 0.706. The van der Waals surface area contributed by atoms with E-state index in [9.17, 15) is 23.1 Å². The SMILES string of the molecule is CC(=O)N1CCN(S(=O)(=O)c2ccc(OCC#CC(C)(C)C)cc2)C(C(=O)O)C1C. The largest absolute Gasteiger partial charge is 0.481 e. The van der Waals surface area contributed by atoms with Crippen LogP contribution in [0.1, 0.15) is 34.6 Å². The fraction of sp³-hybridized carbons (Fsp3) is 0.524. The van der Waals surface area contributed by atoms with Crippen molar-refractivity contribution in [2.75, 3.05) is 19.7 Å². The second-order valence-electron chi connectivity index (χ2n) is 8.16. The zero-order valence-corrected chi connectivity index (χ0v) is 18.7. The van der Waals surface area contributed by atoms with E-state index in [1.807, 2.05) is 20.8 Å². The Balaban J connectivity index is 2.20. The fourth-order valence-electron chi connectivity index (χ4n) is 3.27. The van der Waals surface area contributed by atoms with Crippen molar-refractivity contribution < 1.29 is 27.9 Å². The zero-order valence-electron chi connectivity index (χ0n) is 17.9. The number of hydrogen-bond acceptors (Lipinski definition) is 5. The van der Waals surface area contributed by atoms with Crippen LogP contribution in [0.3, 0.4) is 0 Å². The molecule has 1 saturated heterocycles. The van der Waals surface area contributed by atoms with Crippen molar-refractivity contribution in [2.45, 2.75) is 51.6 Å². The number of carbonyl (C=O) groups excluding carboxylic acids is 1. The number of sulfonamides is 1. The van der Waals surface area contributed by atoms with Crippen molar-refractivity contribution in [2.24, 2.45) is 5.41 Å². The Morgan fingerprint density at radius 1 is 1.20 bits per heavy atom. The molecule has 2 unspecified atom stereocenters. The maximum absolute atomic E-state index is 13.1. The number of carboxylic acids is 1. The molecule has 0 aliphatic carbocycles. The number of carboxylic acid groups (broad SMARTS) is 1. The van der Waals surface area contributed by atoms with E-state index in [4.69, 9.17) is 4.74 Å². The van der Waals surface area contributed by atoms with Gasteiger partial charge < -0.3 is 14.7 Å². The van der Waals surface area contributed by atoms with Gasteiger partial charge in [-0.2, -0.15) is 4.31 Å². The van der Waals surface area contributed by atoms with Gasteiger partial charge in [0.15, 0.2) is 0 Å². The van der Waals surface area contributed by atoms with Gasteiger partial charge in [-0.3, -0.25) is 9.59 Å². The summed E-state index contributed by atoms with van der Waals surface area (Å²) in [7, 11) is -4.07. The van der Waals surface area contributed by atoms with Crippen LogP contribution in [-0.2, 0) is 19.6 Å². The number of amides is 1. The summed E-state index contributed by atoms with van der Waals surface area (Å²) in [6.07, 6.45) is 0. The molecule has 2 atom stereocenters. The molecule has 0 aromatic heterocycles. The predicted molar refractivity (Wildman–Crippen MR) is 111 cm³/mol. The maximum atomic E-state index is 13.1. The van der Waals surface area contributed by atoms with Gasteiger partial charge in [-0.25, -0.2) is 8.42 Å². The summed E-state index contributed by atoms with van der Waals surface area (Å²) in [5.41, 5.74) is -0.133. The van der Waals surface area contributed by atoms with Crippen LogP contribution in [0.25, 0.3) is 0 Å². The third-order valence-electron chi connectivity index (χ3n) is 4.68. The lowest BCUT2D eigenvalue weighted by atomic mass is 9.98. The van der Waals surface area contributed by atoms with Crippen LogP contribution in [0, 0.1) is 17.3 Å². The predicted octanol–water partition coefficient (Wildman–Crippen LogP) is 1.81. The molecule has 1 heterocycles. The molecule has 0 radical (unpaired) electrons. The molecule has 1 aliphatic heterocycles. The van der Waals surface area contributed by atoms with Crippen molar-refractivity contribution in [3.63, 3.8) is 0 Å². The summed E-state index contributed by atoms with van der Waals surface area (Å²) in [5, 5.41) is 9.63. The number of rotatable bonds is 5. The number of nitrogens with zero attached hydrogens (tertiary/aromatic N) is 2. The maximum Gasteiger partial charge on any atom is 0.324 e. The van der Waals surface area contributed by atoms with Gasteiger partial charge in [0.05, 0.1) is 10.9 Å². The molecule has 0 spiro atoms. The molecule has 1 N–H and O–H groups in total. The van der Waals surface area contributed by atoms with Gasteiger partial charge in [0.2, 0.25) is 15.9 Å². The smallest absolute Gasteiger partial charge is 0.324 e. The van der Waals surface area contributed by atoms with Gasteiger partial charge in [0.1, 0.15) is 18.4 Å². The van der Waals surface area contributed by atoms with Crippen LogP contribution in [0.4, 0.5) is 0 Å². The lowest BCUT2D eigenvalue weighted by molar-refractivity contribution is -0.148. The summed E-state index contributed by atoms with van der Waals surface area (Å²) in [6, 6.07) is 3.63. The minimum absolute atomic E-state index is 0.0367. The summed E-state index contributed by atoms with van der Waals surface area (Å²) < 4.78 is 32.7. The number of ether oxygens (including phenoxy) is 1. The Bertz CT molecular complexity index is 954. The monoisotopic (exact) mass is 436 g/mol. The fourth-order valence-corrected chi connectivity index (χ4v) is 4.91. The van der Waals surface area contributed by atoms with Crippen LogP contribution in [-0.4, -0.2) is 66.4 Å². The number of hydrogen-bond donors (Lipinski definition) is 1. The standard InChI is InChI=1S/C21H28N2O6S/c1-15-19(20(25)26)23(13-12-22(15)16(2)24)30(27,28)18-9-7-17(8-10-18)29-14-6-11-21(3,4)5/h7-10,15,19H,12-14H2,1-5H3,(H,25,26). The lowest BCUT2D eigenvalue weighted by Crippen LogP contribution is -2.63. The first-order valence-electron chi connectivity index (χ1n) is 9.59. The van der Waals surface area contributed by atoms with Crippen LogP contribution < -0.4 is 4.74 Å². The number of benzene rings is 1. The van der Waals surface area contributed by atoms with E-state index in [1.54, 1.807) is 0 Å². The summed E-state index contributed by atoms with van der Waals surface area (Å²) in [6.45, 7) is 9.05. The van der Waals surface area contributed by atoms with Gasteiger partial charge in [-0.15, -0.1) is 0 Å². The number of carbonyl (C=O) groups is 2. The van der Waals surface area contributed by atoms with Gasteiger partial charge >= 0.3 is 5.97 Å². The van der Waals surface area contributed by atoms with Crippen molar-refractivity contribution in [3.05, 3.63) is 24.3 Å². The van der Waals surface area contributed by atoms with E-state index in [-0.39, 0.29) is 35.9 Å². The minimum Gasteiger partial charge on any atom is -0.481 e. The van der Waals surface area contributed by atoms with Crippen molar-refractivity contribution in [1.29, 1.82) is 0 Å². The van der Waals surface area contributed by atoms with Crippen LogP contribution >= 0.6 is 0 Å². The molecule has 1 aromatic rings. The number of aliphatic carboxylic acids is 1. The first-order chi connectivity index (χ1) is 13.8. The Labute approximate surface area is 177 Å². The van der Waals surface area contributed by atoms with E-state index in [0.29, 0.717) is 5.75 Å². The average Bonchev–Trinajstić information content (AvgIpc) is 2.64. The Kier molecular flexibility index (Phi) is 7.16. The molecular formula is C21H28N2O6S. The molecule has 30 heavy (non-hydrogen) atoms. The van der Waals surface area contributed by atoms with E-state index in [0.717, 1.165) is 4.31 Å². The lowest BCUT2D eigenvalue weighted by Gasteiger charge is -2.43. The summed E-state index contributed by atoms with van der Waals surface area (Å²) in [4.78, 5) is 24.9. The second kappa shape index (κ2) is 9.06. The minimum atomic E-state index is -4.07. The molecule has 0 bridgehead atoms. The highest BCUT2D eigenvalue weighted by Gasteiger charge is 2.45. The summed E-state index contributed by atoms with van der Waals surface area (Å²) >= 11 is 0. The Morgan fingerprint density at radius 2 is 1.80 bits per heavy atom. The van der Waals surface area contributed by atoms with Gasteiger partial charge in [-0.05, 0) is 52.0 Å². The van der Waals surface area contributed by atoms with E-state index < -0.39 is 28.1 Å². The number of piperazine rings is 1. The third kappa shape index (κ3) is 5.52. The third-order valence-corrected chi connectivity index (χ3v) is 6.58. The van der Waals surface area contributed by atoms with E-state index in [2.05, 4.69) is 11.8 Å². The molecule has 1 aliphatic rings. The highest BCUT2D eigenvalue weighted by atomic mass is 32.2.